The molecule has 0 aliphatic carbocycles. The summed E-state index contributed by atoms with van der Waals surface area (Å²) in [6.07, 6.45) is 9.31. The molecule has 1 saturated heterocycles. The summed E-state index contributed by atoms with van der Waals surface area (Å²) in [5, 5.41) is 6.82. The van der Waals surface area contributed by atoms with Crippen LogP contribution in [0.1, 0.15) is 56.2 Å². The third kappa shape index (κ3) is 8.31. The minimum absolute atomic E-state index is 0.697. The first-order valence-corrected chi connectivity index (χ1v) is 11.7. The summed E-state index contributed by atoms with van der Waals surface area (Å²) < 4.78 is 0. The highest BCUT2D eigenvalue weighted by Crippen LogP contribution is 2.20. The van der Waals surface area contributed by atoms with E-state index in [-0.39, 0.29) is 0 Å². The molecule has 0 saturated carbocycles. The van der Waals surface area contributed by atoms with E-state index in [9.17, 15) is 0 Å². The van der Waals surface area contributed by atoms with Gasteiger partial charge in [0.15, 0.2) is 5.96 Å². The van der Waals surface area contributed by atoms with Crippen LogP contribution in [0.4, 0.5) is 0 Å². The van der Waals surface area contributed by atoms with Crippen molar-refractivity contribution in [1.29, 1.82) is 0 Å². The van der Waals surface area contributed by atoms with Crippen LogP contribution in [0.15, 0.2) is 23.0 Å². The number of hydrogen-bond donors (Lipinski definition) is 1. The van der Waals surface area contributed by atoms with Gasteiger partial charge in [-0.2, -0.15) is 0 Å². The maximum absolute atomic E-state index is 4.95. The van der Waals surface area contributed by atoms with Crippen molar-refractivity contribution < 1.29 is 0 Å². The van der Waals surface area contributed by atoms with Crippen molar-refractivity contribution in [3.63, 3.8) is 0 Å². The molecule has 0 spiro atoms. The fourth-order valence-electron chi connectivity index (χ4n) is 3.64. The second kappa shape index (κ2) is 12.9. The maximum atomic E-state index is 4.95. The Kier molecular flexibility index (Phi) is 10.6. The Morgan fingerprint density at radius 1 is 1.39 bits per heavy atom. The molecular formula is C22H39N5S. The number of aryl methyl sites for hydroxylation is 1. The summed E-state index contributed by atoms with van der Waals surface area (Å²) in [5.41, 5.74) is 1.23. The number of allylic oxidation sites excluding steroid dienone is 1. The number of hydrogen-bond acceptors (Lipinski definition) is 4. The molecule has 2 heterocycles. The van der Waals surface area contributed by atoms with E-state index >= 15 is 0 Å². The number of guanidine groups is 1. The first-order valence-electron chi connectivity index (χ1n) is 10.9. The minimum atomic E-state index is 0.697. The van der Waals surface area contributed by atoms with Crippen molar-refractivity contribution in [3.05, 3.63) is 28.7 Å². The van der Waals surface area contributed by atoms with E-state index in [1.54, 1.807) is 11.3 Å². The molecule has 1 fully saturated rings. The van der Waals surface area contributed by atoms with Gasteiger partial charge in [-0.25, -0.2) is 4.98 Å². The van der Waals surface area contributed by atoms with Crippen molar-refractivity contribution in [2.24, 2.45) is 10.9 Å². The highest BCUT2D eigenvalue weighted by Gasteiger charge is 2.20. The molecule has 0 atom stereocenters. The number of rotatable bonds is 11. The summed E-state index contributed by atoms with van der Waals surface area (Å²) in [6.45, 7) is 14.3. The molecule has 6 heteroatoms. The van der Waals surface area contributed by atoms with Gasteiger partial charge in [-0.3, -0.25) is 9.89 Å². The van der Waals surface area contributed by atoms with E-state index in [1.807, 2.05) is 6.08 Å². The molecule has 0 radical (unpaired) electrons. The van der Waals surface area contributed by atoms with Gasteiger partial charge in [0.05, 0.1) is 10.7 Å². The van der Waals surface area contributed by atoms with Crippen LogP contribution >= 0.6 is 11.3 Å². The normalized spacial score (nSPS) is 16.3. The van der Waals surface area contributed by atoms with Crippen molar-refractivity contribution in [2.45, 2.75) is 58.9 Å². The summed E-state index contributed by atoms with van der Waals surface area (Å²) in [4.78, 5) is 14.4. The standard InChI is InChI=1S/C22H39N5S/c1-5-7-8-9-10-13-26(4)22(23-6-2)24-16-20-11-14-27(15-12-20)17-21-18-28-19(3)25-21/h5,18,20H,1,6-17H2,2-4H3,(H,23,24). The van der Waals surface area contributed by atoms with Gasteiger partial charge in [-0.05, 0) is 65.0 Å². The smallest absolute Gasteiger partial charge is 0.193 e. The monoisotopic (exact) mass is 405 g/mol. The lowest BCUT2D eigenvalue weighted by Crippen LogP contribution is -2.40. The van der Waals surface area contributed by atoms with E-state index in [2.05, 4.69) is 53.0 Å². The van der Waals surface area contributed by atoms with Gasteiger partial charge >= 0.3 is 0 Å². The number of nitrogens with one attached hydrogen (secondary N) is 1. The third-order valence-electron chi connectivity index (χ3n) is 5.36. The highest BCUT2D eigenvalue weighted by atomic mass is 32.1. The van der Waals surface area contributed by atoms with Crippen LogP contribution < -0.4 is 5.32 Å². The van der Waals surface area contributed by atoms with Crippen LogP contribution in [0.25, 0.3) is 0 Å². The van der Waals surface area contributed by atoms with E-state index in [0.717, 1.165) is 51.6 Å². The van der Waals surface area contributed by atoms with E-state index in [4.69, 9.17) is 4.99 Å². The Balaban J connectivity index is 1.72. The first-order chi connectivity index (χ1) is 13.6. The van der Waals surface area contributed by atoms with Crippen molar-refractivity contribution >= 4 is 17.3 Å². The van der Waals surface area contributed by atoms with Gasteiger partial charge in [0.1, 0.15) is 0 Å². The average molecular weight is 406 g/mol. The van der Waals surface area contributed by atoms with Crippen LogP contribution in [-0.2, 0) is 6.54 Å². The van der Waals surface area contributed by atoms with E-state index in [1.165, 1.54) is 42.8 Å². The summed E-state index contributed by atoms with van der Waals surface area (Å²) in [6, 6.07) is 0. The zero-order valence-electron chi connectivity index (χ0n) is 18.1. The molecule has 158 valence electrons. The lowest BCUT2D eigenvalue weighted by Gasteiger charge is -2.31. The zero-order chi connectivity index (χ0) is 20.2. The lowest BCUT2D eigenvalue weighted by atomic mass is 9.97. The fourth-order valence-corrected chi connectivity index (χ4v) is 4.25. The minimum Gasteiger partial charge on any atom is -0.357 e. The van der Waals surface area contributed by atoms with Gasteiger partial charge in [0, 0.05) is 38.6 Å². The summed E-state index contributed by atoms with van der Waals surface area (Å²) >= 11 is 1.75. The summed E-state index contributed by atoms with van der Waals surface area (Å²) in [5.74, 6) is 1.76. The average Bonchev–Trinajstić information content (AvgIpc) is 3.10. The van der Waals surface area contributed by atoms with E-state index < -0.39 is 0 Å². The van der Waals surface area contributed by atoms with Gasteiger partial charge in [-0.15, -0.1) is 17.9 Å². The third-order valence-corrected chi connectivity index (χ3v) is 6.18. The number of piperidine rings is 1. The van der Waals surface area contributed by atoms with Crippen molar-refractivity contribution in [1.82, 2.24) is 20.1 Å². The fraction of sp³-hybridized carbons (Fsp3) is 0.727. The molecule has 1 aromatic heterocycles. The number of aromatic nitrogens is 1. The Bertz CT molecular complexity index is 590. The molecule has 0 aromatic carbocycles. The SMILES string of the molecule is C=CCCCCCN(C)C(=NCC1CCN(Cc2csc(C)n2)CC1)NCC. The van der Waals surface area contributed by atoms with Gasteiger partial charge in [0.25, 0.3) is 0 Å². The Morgan fingerprint density at radius 3 is 2.82 bits per heavy atom. The lowest BCUT2D eigenvalue weighted by molar-refractivity contribution is 0.179. The Morgan fingerprint density at radius 2 is 2.18 bits per heavy atom. The van der Waals surface area contributed by atoms with Crippen LogP contribution in [-0.4, -0.2) is 60.5 Å². The molecule has 1 N–H and O–H groups in total. The van der Waals surface area contributed by atoms with Crippen molar-refractivity contribution in [2.75, 3.05) is 39.8 Å². The van der Waals surface area contributed by atoms with Crippen LogP contribution in [0, 0.1) is 12.8 Å². The molecule has 1 aliphatic heterocycles. The maximum Gasteiger partial charge on any atom is 0.193 e. The molecule has 0 bridgehead atoms. The molecule has 2 rings (SSSR count). The number of likely N-dealkylation sites (tertiary alicyclic amines) is 1. The predicted octanol–water partition coefficient (Wildman–Crippen LogP) is 4.31. The molecule has 1 aliphatic rings. The second-order valence-electron chi connectivity index (χ2n) is 7.83. The zero-order valence-corrected chi connectivity index (χ0v) is 18.9. The topological polar surface area (TPSA) is 43.8 Å². The molecule has 1 aromatic rings. The molecule has 0 unspecified atom stereocenters. The number of aliphatic imine (C=N–C) groups is 1. The van der Waals surface area contributed by atoms with Gasteiger partial charge in [-0.1, -0.05) is 12.5 Å². The largest absolute Gasteiger partial charge is 0.357 e. The predicted molar refractivity (Wildman–Crippen MR) is 122 cm³/mol. The van der Waals surface area contributed by atoms with E-state index in [0.29, 0.717) is 5.92 Å². The van der Waals surface area contributed by atoms with Gasteiger partial charge in [0.2, 0.25) is 0 Å². The molecular weight excluding hydrogens is 366 g/mol. The molecule has 5 nitrogen and oxygen atoms in total. The molecule has 0 amide bonds. The first kappa shape index (κ1) is 22.9. The number of nitrogens with zero attached hydrogens (tertiary/aromatic N) is 4. The number of unbranched alkanes of at least 4 members (excludes halogenated alkanes) is 3. The second-order valence-corrected chi connectivity index (χ2v) is 8.89. The quantitative estimate of drug-likeness (QED) is 0.258. The molecule has 28 heavy (non-hydrogen) atoms. The number of thiazole rings is 1. The Hall–Kier alpha value is -1.40. The van der Waals surface area contributed by atoms with Gasteiger partial charge < -0.3 is 10.2 Å². The highest BCUT2D eigenvalue weighted by molar-refractivity contribution is 7.09. The van der Waals surface area contributed by atoms with Crippen LogP contribution in [0.3, 0.4) is 0 Å². The Labute approximate surface area is 175 Å². The van der Waals surface area contributed by atoms with Crippen LogP contribution in [0.5, 0.6) is 0 Å². The van der Waals surface area contributed by atoms with Crippen LogP contribution in [0.2, 0.25) is 0 Å². The summed E-state index contributed by atoms with van der Waals surface area (Å²) in [7, 11) is 2.16. The van der Waals surface area contributed by atoms with Crippen molar-refractivity contribution in [3.8, 4) is 0 Å².